The molecule has 2 fully saturated rings. The first kappa shape index (κ1) is 22.3. The lowest BCUT2D eigenvalue weighted by molar-refractivity contribution is 0.0638. The molecule has 0 N–H and O–H groups in total. The van der Waals surface area contributed by atoms with Crippen molar-refractivity contribution in [3.05, 3.63) is 64.7 Å². The summed E-state index contributed by atoms with van der Waals surface area (Å²) in [7, 11) is -3.68. The molecule has 0 bridgehead atoms. The predicted octanol–water partition coefficient (Wildman–Crippen LogP) is 3.13. The van der Waals surface area contributed by atoms with E-state index in [0.29, 0.717) is 31.7 Å². The van der Waals surface area contributed by atoms with Gasteiger partial charge in [-0.05, 0) is 43.0 Å². The fraction of sp³-hybridized carbons (Fsp3) is 0.435. The number of carbonyl (C=O) groups is 1. The molecule has 0 unspecified atom stereocenters. The second-order valence-electron chi connectivity index (χ2n) is 8.13. The molecule has 2 aliphatic heterocycles. The van der Waals surface area contributed by atoms with Gasteiger partial charge in [-0.3, -0.25) is 9.69 Å². The van der Waals surface area contributed by atoms with E-state index in [4.69, 9.17) is 11.6 Å². The van der Waals surface area contributed by atoms with E-state index >= 15 is 0 Å². The Morgan fingerprint density at radius 3 is 2.26 bits per heavy atom. The highest BCUT2D eigenvalue weighted by molar-refractivity contribution is 7.89. The Bertz CT molecular complexity index is 1020. The second-order valence-corrected chi connectivity index (χ2v) is 10.4. The second kappa shape index (κ2) is 9.69. The molecular weight excluding hydrogens is 434 g/mol. The maximum Gasteiger partial charge on any atom is 0.253 e. The molecule has 2 aromatic rings. The Morgan fingerprint density at radius 1 is 0.903 bits per heavy atom. The molecule has 2 aliphatic rings. The molecule has 2 aromatic carbocycles. The highest BCUT2D eigenvalue weighted by Crippen LogP contribution is 2.28. The standard InChI is InChI=1S/C23H28ClN3O3S/c24-21-9-8-20(18-22(21)31(29,30)27-11-4-5-12-27)23(28)26-16-14-25(15-17-26)13-10-19-6-2-1-3-7-19/h1-3,6-9,18H,4-5,10-17H2. The van der Waals surface area contributed by atoms with Crippen molar-refractivity contribution in [1.82, 2.24) is 14.1 Å². The molecular formula is C23H28ClN3O3S. The number of carbonyl (C=O) groups excluding carboxylic acids is 1. The van der Waals surface area contributed by atoms with Gasteiger partial charge in [0.25, 0.3) is 5.91 Å². The number of hydrogen-bond donors (Lipinski definition) is 0. The monoisotopic (exact) mass is 461 g/mol. The van der Waals surface area contributed by atoms with Crippen LogP contribution in [0.5, 0.6) is 0 Å². The topological polar surface area (TPSA) is 60.9 Å². The summed E-state index contributed by atoms with van der Waals surface area (Å²) in [4.78, 5) is 17.2. The fourth-order valence-corrected chi connectivity index (χ4v) is 6.21. The van der Waals surface area contributed by atoms with Crippen LogP contribution in [-0.2, 0) is 16.4 Å². The fourth-order valence-electron chi connectivity index (χ4n) is 4.19. The smallest absolute Gasteiger partial charge is 0.253 e. The summed E-state index contributed by atoms with van der Waals surface area (Å²) in [5.41, 5.74) is 1.69. The van der Waals surface area contributed by atoms with Crippen molar-refractivity contribution in [2.24, 2.45) is 0 Å². The van der Waals surface area contributed by atoms with Crippen molar-refractivity contribution >= 4 is 27.5 Å². The van der Waals surface area contributed by atoms with Crippen LogP contribution in [0.25, 0.3) is 0 Å². The van der Waals surface area contributed by atoms with Gasteiger partial charge in [0.05, 0.1) is 5.02 Å². The summed E-state index contributed by atoms with van der Waals surface area (Å²) < 4.78 is 27.3. The summed E-state index contributed by atoms with van der Waals surface area (Å²) in [6, 6.07) is 15.0. The lowest BCUT2D eigenvalue weighted by atomic mass is 10.1. The highest BCUT2D eigenvalue weighted by atomic mass is 35.5. The van der Waals surface area contributed by atoms with E-state index in [0.717, 1.165) is 38.9 Å². The van der Waals surface area contributed by atoms with E-state index in [1.807, 2.05) is 6.07 Å². The highest BCUT2D eigenvalue weighted by Gasteiger charge is 2.30. The van der Waals surface area contributed by atoms with E-state index < -0.39 is 10.0 Å². The molecule has 0 spiro atoms. The molecule has 0 aliphatic carbocycles. The average Bonchev–Trinajstić information content (AvgIpc) is 3.34. The summed E-state index contributed by atoms with van der Waals surface area (Å²) in [5, 5.41) is 0.161. The Kier molecular flexibility index (Phi) is 6.96. The molecule has 6 nitrogen and oxygen atoms in total. The van der Waals surface area contributed by atoms with E-state index in [-0.39, 0.29) is 15.8 Å². The number of sulfonamides is 1. The summed E-state index contributed by atoms with van der Waals surface area (Å²) in [6.07, 6.45) is 2.69. The SMILES string of the molecule is O=C(c1ccc(Cl)c(S(=O)(=O)N2CCCC2)c1)N1CCN(CCc2ccccc2)CC1. The molecule has 0 radical (unpaired) electrons. The van der Waals surface area contributed by atoms with Gasteiger partial charge >= 0.3 is 0 Å². The molecule has 0 saturated carbocycles. The van der Waals surface area contributed by atoms with Gasteiger partial charge in [0.2, 0.25) is 10.0 Å². The van der Waals surface area contributed by atoms with Gasteiger partial charge in [0, 0.05) is 51.4 Å². The van der Waals surface area contributed by atoms with Crippen LogP contribution in [0, 0.1) is 0 Å². The van der Waals surface area contributed by atoms with E-state index in [9.17, 15) is 13.2 Å². The number of piperazine rings is 1. The van der Waals surface area contributed by atoms with Gasteiger partial charge in [0.1, 0.15) is 4.90 Å². The molecule has 31 heavy (non-hydrogen) atoms. The maximum atomic E-state index is 13.1. The lowest BCUT2D eigenvalue weighted by Gasteiger charge is -2.35. The maximum absolute atomic E-state index is 13.1. The van der Waals surface area contributed by atoms with Crippen LogP contribution in [0.3, 0.4) is 0 Å². The summed E-state index contributed by atoms with van der Waals surface area (Å²) in [5.74, 6) is -0.141. The Morgan fingerprint density at radius 2 is 1.58 bits per heavy atom. The molecule has 0 atom stereocenters. The number of halogens is 1. The summed E-state index contributed by atoms with van der Waals surface area (Å²) in [6.45, 7) is 4.85. The van der Waals surface area contributed by atoms with Crippen molar-refractivity contribution in [2.75, 3.05) is 45.8 Å². The van der Waals surface area contributed by atoms with E-state index in [1.54, 1.807) is 11.0 Å². The van der Waals surface area contributed by atoms with Gasteiger partial charge in [-0.1, -0.05) is 41.9 Å². The number of benzene rings is 2. The quantitative estimate of drug-likeness (QED) is 0.663. The normalized spacial score (nSPS) is 18.4. The van der Waals surface area contributed by atoms with E-state index in [1.165, 1.54) is 22.0 Å². The predicted molar refractivity (Wildman–Crippen MR) is 122 cm³/mol. The summed E-state index contributed by atoms with van der Waals surface area (Å²) >= 11 is 6.22. The van der Waals surface area contributed by atoms with Gasteiger partial charge in [-0.15, -0.1) is 0 Å². The first-order chi connectivity index (χ1) is 14.9. The van der Waals surface area contributed by atoms with Crippen molar-refractivity contribution in [3.8, 4) is 0 Å². The third-order valence-electron chi connectivity index (χ3n) is 6.08. The third-order valence-corrected chi connectivity index (χ3v) is 8.46. The van der Waals surface area contributed by atoms with Crippen LogP contribution in [-0.4, -0.2) is 74.2 Å². The first-order valence-corrected chi connectivity index (χ1v) is 12.6. The van der Waals surface area contributed by atoms with Crippen molar-refractivity contribution in [2.45, 2.75) is 24.2 Å². The molecule has 0 aromatic heterocycles. The average molecular weight is 462 g/mol. The zero-order valence-electron chi connectivity index (χ0n) is 17.5. The molecule has 8 heteroatoms. The lowest BCUT2D eigenvalue weighted by Crippen LogP contribution is -2.49. The number of rotatable bonds is 6. The third kappa shape index (κ3) is 5.12. The minimum atomic E-state index is -3.68. The zero-order chi connectivity index (χ0) is 21.8. The van der Waals surface area contributed by atoms with Crippen molar-refractivity contribution < 1.29 is 13.2 Å². The van der Waals surface area contributed by atoms with Crippen molar-refractivity contribution in [3.63, 3.8) is 0 Å². The minimum Gasteiger partial charge on any atom is -0.336 e. The molecule has 166 valence electrons. The van der Waals surface area contributed by atoms with Crippen LogP contribution >= 0.6 is 11.6 Å². The van der Waals surface area contributed by atoms with Crippen molar-refractivity contribution in [1.29, 1.82) is 0 Å². The Balaban J connectivity index is 1.39. The van der Waals surface area contributed by atoms with Crippen LogP contribution < -0.4 is 0 Å². The van der Waals surface area contributed by atoms with Gasteiger partial charge in [0.15, 0.2) is 0 Å². The first-order valence-electron chi connectivity index (χ1n) is 10.8. The molecule has 2 saturated heterocycles. The molecule has 2 heterocycles. The van der Waals surface area contributed by atoms with Crippen LogP contribution in [0.4, 0.5) is 0 Å². The largest absolute Gasteiger partial charge is 0.336 e. The van der Waals surface area contributed by atoms with Crippen LogP contribution in [0.2, 0.25) is 5.02 Å². The minimum absolute atomic E-state index is 0.0309. The van der Waals surface area contributed by atoms with Gasteiger partial charge in [-0.25, -0.2) is 8.42 Å². The van der Waals surface area contributed by atoms with Gasteiger partial charge in [-0.2, -0.15) is 4.31 Å². The zero-order valence-corrected chi connectivity index (χ0v) is 19.1. The Labute approximate surface area is 189 Å². The Hall–Kier alpha value is -1.93. The molecule has 4 rings (SSSR count). The number of amides is 1. The van der Waals surface area contributed by atoms with E-state index in [2.05, 4.69) is 29.2 Å². The van der Waals surface area contributed by atoms with Crippen LogP contribution in [0.15, 0.2) is 53.4 Å². The number of nitrogens with zero attached hydrogens (tertiary/aromatic N) is 3. The van der Waals surface area contributed by atoms with Crippen LogP contribution in [0.1, 0.15) is 28.8 Å². The van der Waals surface area contributed by atoms with Gasteiger partial charge < -0.3 is 4.90 Å². The molecule has 1 amide bonds. The number of hydrogen-bond acceptors (Lipinski definition) is 4.